The van der Waals surface area contributed by atoms with Crippen molar-refractivity contribution in [1.82, 2.24) is 38.5 Å². The molecule has 1 fully saturated rings. The fourth-order valence-electron chi connectivity index (χ4n) is 7.50. The second kappa shape index (κ2) is 25.1. The van der Waals surface area contributed by atoms with Gasteiger partial charge in [0.15, 0.2) is 0 Å². The van der Waals surface area contributed by atoms with E-state index < -0.39 is 40.1 Å². The van der Waals surface area contributed by atoms with E-state index in [1.165, 1.54) is 0 Å². The van der Waals surface area contributed by atoms with Crippen molar-refractivity contribution in [1.29, 1.82) is 0 Å². The highest BCUT2D eigenvalue weighted by molar-refractivity contribution is 7.90. The first-order valence-electron chi connectivity index (χ1n) is 22.5. The van der Waals surface area contributed by atoms with Gasteiger partial charge in [-0.05, 0) is 115 Å². The Morgan fingerprint density at radius 1 is 0.318 bits per heavy atom. The number of rotatable bonds is 20. The molecule has 0 atom stereocenters. The molecule has 364 valence electrons. The highest BCUT2D eigenvalue weighted by atomic mass is 32.2. The van der Waals surface area contributed by atoms with Crippen molar-refractivity contribution in [2.24, 2.45) is 0 Å². The number of aryl methyl sites for hydroxylation is 4. The van der Waals surface area contributed by atoms with E-state index in [9.17, 15) is 33.7 Å². The molecule has 4 aromatic carbocycles. The first-order valence-corrected chi connectivity index (χ1v) is 28.4. The van der Waals surface area contributed by atoms with Gasteiger partial charge in [0.1, 0.15) is 0 Å². The van der Waals surface area contributed by atoms with Crippen LogP contribution in [0.25, 0.3) is 0 Å². The second-order valence-corrected chi connectivity index (χ2v) is 24.0. The lowest BCUT2D eigenvalue weighted by Crippen LogP contribution is -2.46. The first-order chi connectivity index (χ1) is 31.3. The molecule has 16 nitrogen and oxygen atoms in total. The molecule has 20 heteroatoms. The highest BCUT2D eigenvalue weighted by Gasteiger charge is 2.21. The van der Waals surface area contributed by atoms with Crippen LogP contribution in [-0.4, -0.2) is 158 Å². The first kappa shape index (κ1) is 53.3. The summed E-state index contributed by atoms with van der Waals surface area (Å²) in [6, 6.07) is 26.8. The average molecular weight is 989 g/mol. The Bertz CT molecular complexity index is 2210. The van der Waals surface area contributed by atoms with Gasteiger partial charge in [0.05, 0.1) is 19.6 Å². The van der Waals surface area contributed by atoms with Gasteiger partial charge in [0, 0.05) is 78.5 Å². The standard InChI is InChI=1S/C46H68N8O8S4/c1-39-7-15-43(16-8-39)63(55,56)47-23-31-51-27-5-28-53(33-25-49-65(59,60)45-19-11-41(3)12-20-45)37-38-54(34-26-50-66(61,62)46-21-13-42(4)14-22-46)30-6-29-52(36-35-51)32-24-48-64(57,58)44-17-9-40(2)10-18-44/h7-22,47-50H,5-6,23-38H2,1-4H3. The maximum Gasteiger partial charge on any atom is 0.240 e. The zero-order chi connectivity index (χ0) is 47.8. The zero-order valence-electron chi connectivity index (χ0n) is 38.7. The van der Waals surface area contributed by atoms with E-state index >= 15 is 0 Å². The predicted molar refractivity (Wildman–Crippen MR) is 260 cm³/mol. The van der Waals surface area contributed by atoms with Gasteiger partial charge in [-0.2, -0.15) is 0 Å². The number of hydrogen-bond donors (Lipinski definition) is 4. The van der Waals surface area contributed by atoms with Crippen molar-refractivity contribution in [2.45, 2.75) is 60.1 Å². The molecule has 1 aliphatic rings. The molecule has 66 heavy (non-hydrogen) atoms. The van der Waals surface area contributed by atoms with Crippen LogP contribution in [0.3, 0.4) is 0 Å². The number of benzene rings is 4. The second-order valence-electron chi connectivity index (χ2n) is 16.9. The van der Waals surface area contributed by atoms with E-state index in [0.29, 0.717) is 91.4 Å². The van der Waals surface area contributed by atoms with Crippen LogP contribution in [0.5, 0.6) is 0 Å². The van der Waals surface area contributed by atoms with Gasteiger partial charge >= 0.3 is 0 Å². The Morgan fingerprint density at radius 3 is 0.682 bits per heavy atom. The highest BCUT2D eigenvalue weighted by Crippen LogP contribution is 2.14. The van der Waals surface area contributed by atoms with Crippen molar-refractivity contribution in [2.75, 3.05) is 105 Å². The third-order valence-corrected chi connectivity index (χ3v) is 17.5. The van der Waals surface area contributed by atoms with Crippen LogP contribution in [0.2, 0.25) is 0 Å². The number of hydrogen-bond acceptors (Lipinski definition) is 12. The third kappa shape index (κ3) is 17.5. The van der Waals surface area contributed by atoms with E-state index in [2.05, 4.69) is 38.5 Å². The van der Waals surface area contributed by atoms with Crippen molar-refractivity contribution in [3.63, 3.8) is 0 Å². The molecule has 1 aliphatic heterocycles. The lowest BCUT2D eigenvalue weighted by molar-refractivity contribution is 0.162. The molecular formula is C46H68N8O8S4. The maximum absolute atomic E-state index is 13.2. The van der Waals surface area contributed by atoms with Crippen LogP contribution in [0.4, 0.5) is 0 Å². The minimum atomic E-state index is -3.74. The van der Waals surface area contributed by atoms with Crippen molar-refractivity contribution in [3.8, 4) is 0 Å². The van der Waals surface area contributed by atoms with Gasteiger partial charge in [-0.3, -0.25) is 0 Å². The van der Waals surface area contributed by atoms with E-state index in [1.807, 2.05) is 27.7 Å². The van der Waals surface area contributed by atoms with Crippen LogP contribution in [0.1, 0.15) is 35.1 Å². The molecule has 0 unspecified atom stereocenters. The van der Waals surface area contributed by atoms with E-state index in [0.717, 1.165) is 22.3 Å². The molecule has 0 spiro atoms. The van der Waals surface area contributed by atoms with Crippen LogP contribution >= 0.6 is 0 Å². The SMILES string of the molecule is Cc1ccc(S(=O)(=O)NCCN2CCCN(CCNS(=O)(=O)c3ccc(C)cc3)CCN(CCNS(=O)(=O)c3ccc(C)cc3)CCCN(CCNS(=O)(=O)c3ccc(C)cc3)CC2)cc1. The summed E-state index contributed by atoms with van der Waals surface area (Å²) in [4.78, 5) is 9.60. The Hall–Kier alpha value is -3.64. The summed E-state index contributed by atoms with van der Waals surface area (Å²) in [7, 11) is -15.0. The van der Waals surface area contributed by atoms with Gasteiger partial charge in [-0.1, -0.05) is 70.8 Å². The fraction of sp³-hybridized carbons (Fsp3) is 0.478. The Kier molecular flexibility index (Phi) is 20.3. The van der Waals surface area contributed by atoms with Crippen LogP contribution in [0, 0.1) is 27.7 Å². The summed E-state index contributed by atoms with van der Waals surface area (Å²) in [5.74, 6) is 0. The molecule has 0 aliphatic carbocycles. The largest absolute Gasteiger partial charge is 0.301 e. The van der Waals surface area contributed by atoms with Crippen molar-refractivity contribution >= 4 is 40.1 Å². The van der Waals surface area contributed by atoms with E-state index in [4.69, 9.17) is 0 Å². The Labute approximate surface area is 394 Å². The predicted octanol–water partition coefficient (Wildman–Crippen LogP) is 3.14. The molecule has 5 rings (SSSR count). The van der Waals surface area contributed by atoms with Crippen LogP contribution < -0.4 is 18.9 Å². The van der Waals surface area contributed by atoms with Crippen LogP contribution in [-0.2, 0) is 40.1 Å². The monoisotopic (exact) mass is 988 g/mol. The molecule has 1 heterocycles. The normalized spacial score (nSPS) is 16.5. The van der Waals surface area contributed by atoms with Crippen molar-refractivity contribution in [3.05, 3.63) is 119 Å². The number of sulfonamides is 4. The van der Waals surface area contributed by atoms with Gasteiger partial charge in [0.25, 0.3) is 0 Å². The molecule has 0 radical (unpaired) electrons. The van der Waals surface area contributed by atoms with Gasteiger partial charge < -0.3 is 19.6 Å². The summed E-state index contributed by atoms with van der Waals surface area (Å²) in [5, 5.41) is 0. The average Bonchev–Trinajstić information content (AvgIpc) is 3.26. The summed E-state index contributed by atoms with van der Waals surface area (Å²) < 4.78 is 116. The minimum Gasteiger partial charge on any atom is -0.301 e. The zero-order valence-corrected chi connectivity index (χ0v) is 41.9. The lowest BCUT2D eigenvalue weighted by Gasteiger charge is -2.32. The van der Waals surface area contributed by atoms with Gasteiger partial charge in [-0.25, -0.2) is 52.6 Å². The molecule has 4 N–H and O–H groups in total. The fourth-order valence-corrected chi connectivity index (χ4v) is 11.6. The van der Waals surface area contributed by atoms with E-state index in [1.54, 1.807) is 97.1 Å². The summed E-state index contributed by atoms with van der Waals surface area (Å²) in [6.45, 7) is 14.8. The Balaban J connectivity index is 1.30. The summed E-state index contributed by atoms with van der Waals surface area (Å²) in [5.41, 5.74) is 3.83. The smallest absolute Gasteiger partial charge is 0.240 e. The third-order valence-electron chi connectivity index (χ3n) is 11.6. The van der Waals surface area contributed by atoms with E-state index in [-0.39, 0.29) is 45.8 Å². The number of nitrogens with zero attached hydrogens (tertiary/aromatic N) is 4. The van der Waals surface area contributed by atoms with Crippen molar-refractivity contribution < 1.29 is 33.7 Å². The topological polar surface area (TPSA) is 198 Å². The molecule has 4 aromatic rings. The van der Waals surface area contributed by atoms with Gasteiger partial charge in [-0.15, -0.1) is 0 Å². The Morgan fingerprint density at radius 2 is 0.500 bits per heavy atom. The van der Waals surface area contributed by atoms with Crippen LogP contribution in [0.15, 0.2) is 117 Å². The molecule has 0 saturated carbocycles. The number of nitrogens with one attached hydrogen (secondary N) is 4. The molecule has 0 aromatic heterocycles. The maximum atomic E-state index is 13.2. The minimum absolute atomic E-state index is 0.180. The summed E-state index contributed by atoms with van der Waals surface area (Å²) in [6.07, 6.45) is 1.39. The lowest BCUT2D eigenvalue weighted by atomic mass is 10.2. The molecular weight excluding hydrogens is 921 g/mol. The quantitative estimate of drug-likeness (QED) is 0.101. The molecule has 1 saturated heterocycles. The summed E-state index contributed by atoms with van der Waals surface area (Å²) >= 11 is 0. The van der Waals surface area contributed by atoms with Gasteiger partial charge in [0.2, 0.25) is 40.1 Å². The molecule has 0 amide bonds. The molecule has 0 bridgehead atoms.